The number of anilines is 1. The molecule has 1 N–H and O–H groups in total. The van der Waals surface area contributed by atoms with Crippen LogP contribution in [-0.4, -0.2) is 38.0 Å². The Balaban J connectivity index is 1.68. The highest BCUT2D eigenvalue weighted by Crippen LogP contribution is 2.28. The number of allylic oxidation sites excluding steroid dienone is 1. The van der Waals surface area contributed by atoms with Crippen LogP contribution in [0, 0.1) is 17.1 Å². The molecule has 0 aromatic heterocycles. The van der Waals surface area contributed by atoms with Crippen LogP contribution < -0.4 is 10.2 Å². The quantitative estimate of drug-likeness (QED) is 0.863. The summed E-state index contributed by atoms with van der Waals surface area (Å²) in [5.74, 6) is -0.426. The molecular formula is C17H17F2N3O2. The maximum absolute atomic E-state index is 14.4. The molecule has 0 aliphatic carbocycles. The summed E-state index contributed by atoms with van der Waals surface area (Å²) >= 11 is 0. The number of nitrogens with one attached hydrogen (secondary N) is 1. The van der Waals surface area contributed by atoms with E-state index in [-0.39, 0.29) is 12.6 Å². The molecule has 1 aromatic rings. The third-order valence-corrected chi connectivity index (χ3v) is 4.27. The number of carbonyl (C=O) groups excluding carboxylic acids is 1. The predicted molar refractivity (Wildman–Crippen MR) is 83.8 cm³/mol. The molecule has 7 heteroatoms. The van der Waals surface area contributed by atoms with Crippen LogP contribution in [0.5, 0.6) is 0 Å². The minimum Gasteiger partial charge on any atom is -0.444 e. The number of carbonyl (C=O) groups is 1. The predicted octanol–water partition coefficient (Wildman–Crippen LogP) is 2.47. The maximum Gasteiger partial charge on any atom is 0.407 e. The van der Waals surface area contributed by atoms with Gasteiger partial charge in [-0.15, -0.1) is 0 Å². The van der Waals surface area contributed by atoms with Gasteiger partial charge in [0.15, 0.2) is 0 Å². The maximum atomic E-state index is 14.4. The van der Waals surface area contributed by atoms with E-state index in [0.717, 1.165) is 5.56 Å². The van der Waals surface area contributed by atoms with Crippen LogP contribution in [0.3, 0.4) is 0 Å². The van der Waals surface area contributed by atoms with Gasteiger partial charge in [-0.3, -0.25) is 0 Å². The van der Waals surface area contributed by atoms with Gasteiger partial charge in [-0.05, 0) is 29.7 Å². The van der Waals surface area contributed by atoms with Crippen LogP contribution >= 0.6 is 0 Å². The molecule has 0 spiro atoms. The number of halogens is 2. The number of alkyl carbamates (subject to hydrolysis) is 1. The average Bonchev–Trinajstić information content (AvgIpc) is 2.95. The Hall–Kier alpha value is -2.62. The zero-order valence-corrected chi connectivity index (χ0v) is 13.0. The second kappa shape index (κ2) is 6.87. The summed E-state index contributed by atoms with van der Waals surface area (Å²) < 4.78 is 33.5. The molecule has 1 amide bonds. The van der Waals surface area contributed by atoms with E-state index in [1.54, 1.807) is 17.0 Å². The van der Waals surface area contributed by atoms with Crippen molar-refractivity contribution in [2.75, 3.05) is 24.5 Å². The van der Waals surface area contributed by atoms with Crippen molar-refractivity contribution >= 4 is 11.8 Å². The third kappa shape index (κ3) is 3.48. The molecule has 3 rings (SSSR count). The van der Waals surface area contributed by atoms with Gasteiger partial charge < -0.3 is 15.0 Å². The first-order valence-electron chi connectivity index (χ1n) is 7.77. The molecule has 2 atom stereocenters. The topological polar surface area (TPSA) is 65.4 Å². The lowest BCUT2D eigenvalue weighted by Gasteiger charge is -2.32. The first-order chi connectivity index (χ1) is 11.6. The Bertz CT molecular complexity index is 714. The molecule has 2 heterocycles. The van der Waals surface area contributed by atoms with Crippen molar-refractivity contribution in [1.29, 1.82) is 5.26 Å². The molecule has 2 aliphatic heterocycles. The molecule has 24 heavy (non-hydrogen) atoms. The summed E-state index contributed by atoms with van der Waals surface area (Å²) in [5, 5.41) is 11.2. The number of amides is 1. The number of nitrogens with zero attached hydrogens (tertiary/aromatic N) is 2. The number of alkyl halides is 1. The summed E-state index contributed by atoms with van der Waals surface area (Å²) in [7, 11) is 0. The number of hydrogen-bond donors (Lipinski definition) is 1. The van der Waals surface area contributed by atoms with E-state index in [1.165, 1.54) is 12.1 Å². The summed E-state index contributed by atoms with van der Waals surface area (Å²) in [4.78, 5) is 12.6. The number of benzene rings is 1. The standard InChI is InChI=1S/C17H17F2N3O2/c18-14-8-11(7-13-9-21-17(23)24-13)1-2-16(14)22-6-4-12(3-5-20)15(19)10-22/h1-3,8,13,15H,4,6-7,9-10H2,(H,21,23). The largest absolute Gasteiger partial charge is 0.444 e. The summed E-state index contributed by atoms with van der Waals surface area (Å²) in [6.45, 7) is 0.911. The van der Waals surface area contributed by atoms with Gasteiger partial charge in [0.05, 0.1) is 24.8 Å². The third-order valence-electron chi connectivity index (χ3n) is 4.27. The number of ether oxygens (including phenoxy) is 1. The summed E-state index contributed by atoms with van der Waals surface area (Å²) in [6.07, 6.45) is 0.0445. The second-order valence-electron chi connectivity index (χ2n) is 5.91. The van der Waals surface area contributed by atoms with Crippen molar-refractivity contribution < 1.29 is 18.3 Å². The van der Waals surface area contributed by atoms with Crippen molar-refractivity contribution in [2.24, 2.45) is 0 Å². The van der Waals surface area contributed by atoms with E-state index in [0.29, 0.717) is 37.2 Å². The fraction of sp³-hybridized carbons (Fsp3) is 0.412. The first-order valence-corrected chi connectivity index (χ1v) is 7.77. The van der Waals surface area contributed by atoms with E-state index in [1.807, 2.05) is 6.07 Å². The second-order valence-corrected chi connectivity index (χ2v) is 5.91. The molecule has 2 fully saturated rings. The zero-order chi connectivity index (χ0) is 17.1. The lowest BCUT2D eigenvalue weighted by Crippen LogP contribution is -2.38. The number of nitriles is 1. The van der Waals surface area contributed by atoms with Gasteiger partial charge in [-0.2, -0.15) is 5.26 Å². The van der Waals surface area contributed by atoms with E-state index in [9.17, 15) is 13.6 Å². The molecule has 0 saturated carbocycles. The van der Waals surface area contributed by atoms with E-state index >= 15 is 0 Å². The molecule has 2 aliphatic rings. The van der Waals surface area contributed by atoms with Gasteiger partial charge in [-0.25, -0.2) is 13.6 Å². The molecule has 0 radical (unpaired) electrons. The van der Waals surface area contributed by atoms with Crippen molar-refractivity contribution in [3.8, 4) is 6.07 Å². The molecule has 5 nitrogen and oxygen atoms in total. The molecular weight excluding hydrogens is 316 g/mol. The zero-order valence-electron chi connectivity index (χ0n) is 13.0. The number of piperidine rings is 1. The van der Waals surface area contributed by atoms with Crippen LogP contribution in [0.4, 0.5) is 19.3 Å². The number of rotatable bonds is 3. The van der Waals surface area contributed by atoms with Crippen molar-refractivity contribution in [3.63, 3.8) is 0 Å². The van der Waals surface area contributed by atoms with E-state index < -0.39 is 18.1 Å². The van der Waals surface area contributed by atoms with E-state index in [2.05, 4.69) is 5.32 Å². The fourth-order valence-corrected chi connectivity index (χ4v) is 3.03. The smallest absolute Gasteiger partial charge is 0.407 e. The normalized spacial score (nSPS) is 25.3. The van der Waals surface area contributed by atoms with Crippen LogP contribution in [0.1, 0.15) is 12.0 Å². The minimum absolute atomic E-state index is 0.0357. The van der Waals surface area contributed by atoms with Crippen molar-refractivity contribution in [3.05, 3.63) is 41.2 Å². The van der Waals surface area contributed by atoms with Gasteiger partial charge in [0.2, 0.25) is 0 Å². The van der Waals surface area contributed by atoms with Crippen LogP contribution in [0.25, 0.3) is 0 Å². The Labute approximate surface area is 138 Å². The van der Waals surface area contributed by atoms with Gasteiger partial charge in [-0.1, -0.05) is 6.07 Å². The Morgan fingerprint density at radius 3 is 2.96 bits per heavy atom. The van der Waals surface area contributed by atoms with E-state index in [4.69, 9.17) is 10.00 Å². The molecule has 126 valence electrons. The Morgan fingerprint density at radius 2 is 2.33 bits per heavy atom. The first kappa shape index (κ1) is 16.2. The van der Waals surface area contributed by atoms with Crippen molar-refractivity contribution in [2.45, 2.75) is 25.1 Å². The SMILES string of the molecule is N#CC=C1CCN(c2ccc(CC3CNC(=O)O3)cc2F)CC1F. The minimum atomic E-state index is -1.26. The lowest BCUT2D eigenvalue weighted by atomic mass is 10.0. The lowest BCUT2D eigenvalue weighted by molar-refractivity contribution is 0.140. The van der Waals surface area contributed by atoms with Gasteiger partial charge in [0.25, 0.3) is 0 Å². The number of cyclic esters (lactones) is 1. The summed E-state index contributed by atoms with van der Waals surface area (Å²) in [5.41, 5.74) is 1.52. The average molecular weight is 333 g/mol. The summed E-state index contributed by atoms with van der Waals surface area (Å²) in [6, 6.07) is 6.63. The highest BCUT2D eigenvalue weighted by Gasteiger charge is 2.26. The highest BCUT2D eigenvalue weighted by atomic mass is 19.1. The highest BCUT2D eigenvalue weighted by molar-refractivity contribution is 5.69. The van der Waals surface area contributed by atoms with Gasteiger partial charge >= 0.3 is 6.09 Å². The molecule has 1 aromatic carbocycles. The van der Waals surface area contributed by atoms with Crippen LogP contribution in [0.15, 0.2) is 29.8 Å². The monoisotopic (exact) mass is 333 g/mol. The molecule has 2 saturated heterocycles. The van der Waals surface area contributed by atoms with Crippen molar-refractivity contribution in [1.82, 2.24) is 5.32 Å². The molecule has 2 unspecified atom stereocenters. The van der Waals surface area contributed by atoms with Gasteiger partial charge in [0, 0.05) is 19.0 Å². The van der Waals surface area contributed by atoms with Crippen LogP contribution in [0.2, 0.25) is 0 Å². The van der Waals surface area contributed by atoms with Crippen LogP contribution in [-0.2, 0) is 11.2 Å². The Morgan fingerprint density at radius 1 is 1.50 bits per heavy atom. The fourth-order valence-electron chi connectivity index (χ4n) is 3.03. The molecule has 0 bridgehead atoms. The Kier molecular flexibility index (Phi) is 4.65. The van der Waals surface area contributed by atoms with Gasteiger partial charge in [0.1, 0.15) is 18.1 Å². The number of hydrogen-bond acceptors (Lipinski definition) is 4.